The molecule has 1 aliphatic carbocycles. The number of nitrogens with one attached hydrogen (secondary N) is 1. The largest absolute Gasteiger partial charge is 0.444 e. The molecule has 1 aromatic carbocycles. The molecule has 20 heavy (non-hydrogen) atoms. The van der Waals surface area contributed by atoms with E-state index in [0.29, 0.717) is 10.7 Å². The standard InChI is InChI=1S/C15H18ClNO3/c1-14(2,3)20-13(19)17-10-4-5-11(12(16)8-10)15(9-18)6-7-15/h4-5,8-9H,6-7H2,1-3H3,(H,17,19). The van der Waals surface area contributed by atoms with Crippen molar-refractivity contribution in [3.8, 4) is 0 Å². The minimum Gasteiger partial charge on any atom is -0.444 e. The number of hydrogen-bond donors (Lipinski definition) is 1. The molecular weight excluding hydrogens is 278 g/mol. The van der Waals surface area contributed by atoms with Gasteiger partial charge in [-0.2, -0.15) is 0 Å². The molecule has 1 aromatic rings. The van der Waals surface area contributed by atoms with E-state index in [4.69, 9.17) is 16.3 Å². The van der Waals surface area contributed by atoms with Crippen molar-refractivity contribution in [3.63, 3.8) is 0 Å². The lowest BCUT2D eigenvalue weighted by molar-refractivity contribution is -0.109. The summed E-state index contributed by atoms with van der Waals surface area (Å²) in [5.41, 5.74) is 0.406. The van der Waals surface area contributed by atoms with Gasteiger partial charge in [0.2, 0.25) is 0 Å². The molecule has 1 aliphatic rings. The van der Waals surface area contributed by atoms with Gasteiger partial charge in [-0.25, -0.2) is 4.79 Å². The maximum Gasteiger partial charge on any atom is 0.412 e. The van der Waals surface area contributed by atoms with Crippen LogP contribution in [0.25, 0.3) is 0 Å². The Morgan fingerprint density at radius 2 is 2.05 bits per heavy atom. The van der Waals surface area contributed by atoms with E-state index in [9.17, 15) is 9.59 Å². The second-order valence-corrected chi connectivity index (χ2v) is 6.50. The maximum atomic E-state index is 11.7. The average molecular weight is 296 g/mol. The van der Waals surface area contributed by atoms with Gasteiger partial charge in [0.1, 0.15) is 11.9 Å². The molecule has 108 valence electrons. The predicted octanol–water partition coefficient (Wildman–Crippen LogP) is 3.92. The minimum atomic E-state index is -0.552. The van der Waals surface area contributed by atoms with E-state index in [-0.39, 0.29) is 0 Å². The molecule has 4 nitrogen and oxygen atoms in total. The quantitative estimate of drug-likeness (QED) is 0.860. The third-order valence-corrected chi connectivity index (χ3v) is 3.48. The van der Waals surface area contributed by atoms with Crippen LogP contribution in [0.2, 0.25) is 5.02 Å². The number of anilines is 1. The SMILES string of the molecule is CC(C)(C)OC(=O)Nc1ccc(C2(C=O)CC2)c(Cl)c1. The lowest BCUT2D eigenvalue weighted by Crippen LogP contribution is -2.27. The van der Waals surface area contributed by atoms with Crippen LogP contribution in [0.15, 0.2) is 18.2 Å². The van der Waals surface area contributed by atoms with E-state index in [1.165, 1.54) is 0 Å². The fourth-order valence-corrected chi connectivity index (χ4v) is 2.37. The Labute approximate surface area is 123 Å². The zero-order chi connectivity index (χ0) is 15.0. The van der Waals surface area contributed by atoms with Gasteiger partial charge in [0, 0.05) is 10.7 Å². The molecule has 1 N–H and O–H groups in total. The van der Waals surface area contributed by atoms with E-state index in [0.717, 1.165) is 24.7 Å². The number of amides is 1. The summed E-state index contributed by atoms with van der Waals surface area (Å²) in [4.78, 5) is 22.8. The van der Waals surface area contributed by atoms with Gasteiger partial charge in [-0.1, -0.05) is 17.7 Å². The van der Waals surface area contributed by atoms with Gasteiger partial charge in [0.05, 0.1) is 5.41 Å². The molecule has 0 radical (unpaired) electrons. The van der Waals surface area contributed by atoms with Crippen LogP contribution in [0.5, 0.6) is 0 Å². The Balaban J connectivity index is 2.10. The Hall–Kier alpha value is -1.55. The number of aldehydes is 1. The average Bonchev–Trinajstić information content (AvgIpc) is 3.07. The van der Waals surface area contributed by atoms with Gasteiger partial charge in [0.15, 0.2) is 0 Å². The van der Waals surface area contributed by atoms with Crippen LogP contribution in [0.1, 0.15) is 39.2 Å². The van der Waals surface area contributed by atoms with Crippen molar-refractivity contribution in [1.29, 1.82) is 0 Å². The number of carbonyl (C=O) groups excluding carboxylic acids is 2. The summed E-state index contributed by atoms with van der Waals surface area (Å²) < 4.78 is 5.16. The lowest BCUT2D eigenvalue weighted by Gasteiger charge is -2.20. The monoisotopic (exact) mass is 295 g/mol. The van der Waals surface area contributed by atoms with Gasteiger partial charge in [-0.3, -0.25) is 5.32 Å². The number of carbonyl (C=O) groups is 2. The molecular formula is C15H18ClNO3. The number of halogens is 1. The van der Waals surface area contributed by atoms with Crippen LogP contribution in [0.3, 0.4) is 0 Å². The summed E-state index contributed by atoms with van der Waals surface area (Å²) in [6.07, 6.45) is 2.08. The highest BCUT2D eigenvalue weighted by molar-refractivity contribution is 6.32. The zero-order valence-electron chi connectivity index (χ0n) is 11.8. The number of benzene rings is 1. The number of hydrogen-bond acceptors (Lipinski definition) is 3. The Morgan fingerprint density at radius 3 is 2.50 bits per heavy atom. The van der Waals surface area contributed by atoms with E-state index < -0.39 is 17.1 Å². The molecule has 0 aliphatic heterocycles. The topological polar surface area (TPSA) is 55.4 Å². The van der Waals surface area contributed by atoms with Crippen molar-refractivity contribution in [3.05, 3.63) is 28.8 Å². The summed E-state index contributed by atoms with van der Waals surface area (Å²) in [5.74, 6) is 0. The molecule has 2 rings (SSSR count). The first-order valence-electron chi connectivity index (χ1n) is 6.52. The van der Waals surface area contributed by atoms with E-state index in [1.807, 2.05) is 0 Å². The second kappa shape index (κ2) is 5.09. The van der Waals surface area contributed by atoms with E-state index >= 15 is 0 Å². The molecule has 0 spiro atoms. The van der Waals surface area contributed by atoms with Gasteiger partial charge in [0.25, 0.3) is 0 Å². The predicted molar refractivity (Wildman–Crippen MR) is 78.3 cm³/mol. The van der Waals surface area contributed by atoms with Crippen molar-refractivity contribution in [1.82, 2.24) is 0 Å². The molecule has 1 fully saturated rings. The van der Waals surface area contributed by atoms with Gasteiger partial charge >= 0.3 is 6.09 Å². The van der Waals surface area contributed by atoms with E-state index in [2.05, 4.69) is 5.32 Å². The van der Waals surface area contributed by atoms with Crippen molar-refractivity contribution in [2.24, 2.45) is 0 Å². The van der Waals surface area contributed by atoms with E-state index in [1.54, 1.807) is 39.0 Å². The fraction of sp³-hybridized carbons (Fsp3) is 0.467. The van der Waals surface area contributed by atoms with Crippen LogP contribution < -0.4 is 5.32 Å². The molecule has 0 heterocycles. The molecule has 0 unspecified atom stereocenters. The highest BCUT2D eigenvalue weighted by atomic mass is 35.5. The highest BCUT2D eigenvalue weighted by Gasteiger charge is 2.45. The molecule has 0 atom stereocenters. The Morgan fingerprint density at radius 1 is 1.40 bits per heavy atom. The maximum absolute atomic E-state index is 11.7. The van der Waals surface area contributed by atoms with Gasteiger partial charge in [-0.15, -0.1) is 0 Å². The summed E-state index contributed by atoms with van der Waals surface area (Å²) in [6.45, 7) is 5.39. The van der Waals surface area contributed by atoms with Crippen molar-refractivity contribution in [2.45, 2.75) is 44.6 Å². The molecule has 5 heteroatoms. The summed E-state index contributed by atoms with van der Waals surface area (Å²) in [7, 11) is 0. The summed E-state index contributed by atoms with van der Waals surface area (Å²) in [5, 5.41) is 3.11. The Kier molecular flexibility index (Phi) is 3.78. The Bertz CT molecular complexity index is 545. The first-order chi connectivity index (χ1) is 9.26. The molecule has 0 bridgehead atoms. The van der Waals surface area contributed by atoms with Gasteiger partial charge < -0.3 is 9.53 Å². The smallest absolute Gasteiger partial charge is 0.412 e. The summed E-state index contributed by atoms with van der Waals surface area (Å²) in [6, 6.07) is 5.16. The van der Waals surface area contributed by atoms with Crippen molar-refractivity contribution in [2.75, 3.05) is 5.32 Å². The summed E-state index contributed by atoms with van der Waals surface area (Å²) >= 11 is 6.20. The van der Waals surface area contributed by atoms with Gasteiger partial charge in [-0.05, 0) is 51.3 Å². The van der Waals surface area contributed by atoms with Crippen LogP contribution in [-0.2, 0) is 14.9 Å². The van der Waals surface area contributed by atoms with Crippen molar-refractivity contribution >= 4 is 29.7 Å². The lowest BCUT2D eigenvalue weighted by atomic mass is 9.97. The van der Waals surface area contributed by atoms with Crippen LogP contribution >= 0.6 is 11.6 Å². The minimum absolute atomic E-state index is 0.415. The fourth-order valence-electron chi connectivity index (χ4n) is 2.00. The molecule has 1 amide bonds. The second-order valence-electron chi connectivity index (χ2n) is 6.10. The normalized spacial score (nSPS) is 16.4. The third-order valence-electron chi connectivity index (χ3n) is 3.17. The van der Waals surface area contributed by atoms with Crippen LogP contribution in [0.4, 0.5) is 10.5 Å². The third kappa shape index (κ3) is 3.31. The van der Waals surface area contributed by atoms with Crippen LogP contribution in [0, 0.1) is 0 Å². The molecule has 0 saturated heterocycles. The van der Waals surface area contributed by atoms with Crippen LogP contribution in [-0.4, -0.2) is 18.0 Å². The number of rotatable bonds is 3. The molecule has 0 aromatic heterocycles. The first kappa shape index (κ1) is 14.9. The number of ether oxygens (including phenoxy) is 1. The molecule has 1 saturated carbocycles. The zero-order valence-corrected chi connectivity index (χ0v) is 12.6. The van der Waals surface area contributed by atoms with Crippen molar-refractivity contribution < 1.29 is 14.3 Å². The highest BCUT2D eigenvalue weighted by Crippen LogP contribution is 2.49. The first-order valence-corrected chi connectivity index (χ1v) is 6.90.